The molecule has 1 heterocycles. The van der Waals surface area contributed by atoms with Crippen molar-refractivity contribution in [1.82, 2.24) is 10.8 Å². The molecule has 0 saturated heterocycles. The minimum Gasteiger partial charge on any atom is -0.472 e. The van der Waals surface area contributed by atoms with Crippen LogP contribution in [-0.4, -0.2) is 13.1 Å². The number of rotatable bonds is 3. The molecule has 5 heteroatoms. The zero-order chi connectivity index (χ0) is 8.81. The van der Waals surface area contributed by atoms with Crippen LogP contribution in [0.1, 0.15) is 5.56 Å². The van der Waals surface area contributed by atoms with Gasteiger partial charge < -0.3 is 9.73 Å². The van der Waals surface area contributed by atoms with E-state index < -0.39 is 0 Å². The van der Waals surface area contributed by atoms with Crippen LogP contribution in [0.5, 0.6) is 0 Å². The molecule has 2 amide bonds. The average Bonchev–Trinajstić information content (AvgIpc) is 2.53. The molecule has 0 aliphatic rings. The first-order chi connectivity index (χ1) is 5.83. The molecular formula is C7H10N2O3. The predicted molar refractivity (Wildman–Crippen MR) is 41.1 cm³/mol. The van der Waals surface area contributed by atoms with E-state index in [9.17, 15) is 4.79 Å². The van der Waals surface area contributed by atoms with Crippen molar-refractivity contribution in [1.29, 1.82) is 0 Å². The van der Waals surface area contributed by atoms with Crippen molar-refractivity contribution in [2.75, 3.05) is 7.11 Å². The van der Waals surface area contributed by atoms with Crippen LogP contribution in [0, 0.1) is 0 Å². The molecule has 0 bridgehead atoms. The van der Waals surface area contributed by atoms with Gasteiger partial charge >= 0.3 is 6.03 Å². The second-order valence-corrected chi connectivity index (χ2v) is 2.12. The van der Waals surface area contributed by atoms with Gasteiger partial charge in [0.25, 0.3) is 0 Å². The second-order valence-electron chi connectivity index (χ2n) is 2.12. The minimum atomic E-state index is -0.376. The van der Waals surface area contributed by atoms with Crippen LogP contribution < -0.4 is 10.8 Å². The lowest BCUT2D eigenvalue weighted by atomic mass is 10.3. The fraction of sp³-hybridized carbons (Fsp3) is 0.286. The number of hydroxylamine groups is 1. The van der Waals surface area contributed by atoms with Crippen LogP contribution in [0.3, 0.4) is 0 Å². The lowest BCUT2D eigenvalue weighted by molar-refractivity contribution is 0.107. The summed E-state index contributed by atoms with van der Waals surface area (Å²) < 4.78 is 4.80. The molecule has 0 saturated carbocycles. The van der Waals surface area contributed by atoms with Crippen molar-refractivity contribution < 1.29 is 14.0 Å². The van der Waals surface area contributed by atoms with Crippen LogP contribution in [0.15, 0.2) is 23.0 Å². The largest absolute Gasteiger partial charge is 0.472 e. The van der Waals surface area contributed by atoms with Crippen molar-refractivity contribution in [3.8, 4) is 0 Å². The molecule has 0 spiro atoms. The molecule has 2 N–H and O–H groups in total. The zero-order valence-corrected chi connectivity index (χ0v) is 6.66. The lowest BCUT2D eigenvalue weighted by Crippen LogP contribution is -2.34. The summed E-state index contributed by atoms with van der Waals surface area (Å²) in [6.45, 7) is 0.422. The van der Waals surface area contributed by atoms with E-state index in [1.807, 2.05) is 0 Å². The molecule has 12 heavy (non-hydrogen) atoms. The second kappa shape index (κ2) is 4.40. The molecule has 0 radical (unpaired) electrons. The first-order valence-corrected chi connectivity index (χ1v) is 3.41. The number of carbonyl (C=O) groups excluding carboxylic acids is 1. The van der Waals surface area contributed by atoms with Gasteiger partial charge in [-0.15, -0.1) is 0 Å². The van der Waals surface area contributed by atoms with Gasteiger partial charge in [0.2, 0.25) is 0 Å². The van der Waals surface area contributed by atoms with Crippen molar-refractivity contribution in [2.45, 2.75) is 6.54 Å². The average molecular weight is 170 g/mol. The maximum Gasteiger partial charge on any atom is 0.338 e. The van der Waals surface area contributed by atoms with Crippen LogP contribution in [0.4, 0.5) is 4.79 Å². The minimum absolute atomic E-state index is 0.376. The fourth-order valence-electron chi connectivity index (χ4n) is 0.704. The van der Waals surface area contributed by atoms with E-state index in [0.29, 0.717) is 6.54 Å². The Bertz CT molecular complexity index is 233. The van der Waals surface area contributed by atoms with E-state index in [1.54, 1.807) is 18.6 Å². The van der Waals surface area contributed by atoms with Gasteiger partial charge in [-0.2, -0.15) is 0 Å². The molecule has 0 atom stereocenters. The Kier molecular flexibility index (Phi) is 3.16. The summed E-state index contributed by atoms with van der Waals surface area (Å²) in [5.74, 6) is 0. The van der Waals surface area contributed by atoms with Gasteiger partial charge in [0.15, 0.2) is 0 Å². The summed E-state index contributed by atoms with van der Waals surface area (Å²) in [4.78, 5) is 15.1. The third kappa shape index (κ3) is 2.63. The number of carbonyl (C=O) groups is 1. The fourth-order valence-corrected chi connectivity index (χ4v) is 0.704. The number of hydrogen-bond acceptors (Lipinski definition) is 3. The predicted octanol–water partition coefficient (Wildman–Crippen LogP) is 0.640. The van der Waals surface area contributed by atoms with Gasteiger partial charge in [0.05, 0.1) is 19.6 Å². The summed E-state index contributed by atoms with van der Waals surface area (Å²) in [5.41, 5.74) is 3.03. The smallest absolute Gasteiger partial charge is 0.338 e. The Labute approximate surface area is 69.6 Å². The van der Waals surface area contributed by atoms with Crippen LogP contribution in [0.2, 0.25) is 0 Å². The first-order valence-electron chi connectivity index (χ1n) is 3.41. The third-order valence-corrected chi connectivity index (χ3v) is 1.23. The van der Waals surface area contributed by atoms with Gasteiger partial charge in [0, 0.05) is 12.1 Å². The monoisotopic (exact) mass is 170 g/mol. The summed E-state index contributed by atoms with van der Waals surface area (Å²) in [7, 11) is 1.37. The van der Waals surface area contributed by atoms with E-state index in [4.69, 9.17) is 4.42 Å². The number of urea groups is 1. The summed E-state index contributed by atoms with van der Waals surface area (Å²) in [6, 6.07) is 1.39. The Hall–Kier alpha value is -1.49. The third-order valence-electron chi connectivity index (χ3n) is 1.23. The van der Waals surface area contributed by atoms with Gasteiger partial charge in [-0.25, -0.2) is 10.3 Å². The van der Waals surface area contributed by atoms with Crippen molar-refractivity contribution in [3.05, 3.63) is 24.2 Å². The standard InChI is InChI=1S/C7H10N2O3/c1-11-9-7(10)8-4-6-2-3-12-5-6/h2-3,5H,4H2,1H3,(H2,8,9,10). The summed E-state index contributed by atoms with van der Waals surface area (Å²) in [6.07, 6.45) is 3.11. The molecule has 0 aliphatic heterocycles. The van der Waals surface area contributed by atoms with Gasteiger partial charge in [-0.3, -0.25) is 4.84 Å². The highest BCUT2D eigenvalue weighted by Crippen LogP contribution is 1.97. The molecule has 1 aromatic heterocycles. The summed E-state index contributed by atoms with van der Waals surface area (Å²) in [5, 5.41) is 2.55. The number of amides is 2. The molecule has 0 aliphatic carbocycles. The normalized spacial score (nSPS) is 9.42. The SMILES string of the molecule is CONC(=O)NCc1ccoc1. The highest BCUT2D eigenvalue weighted by molar-refractivity contribution is 5.72. The van der Waals surface area contributed by atoms with Crippen molar-refractivity contribution >= 4 is 6.03 Å². The highest BCUT2D eigenvalue weighted by atomic mass is 16.6. The topological polar surface area (TPSA) is 63.5 Å². The van der Waals surface area contributed by atoms with Gasteiger partial charge in [0.1, 0.15) is 0 Å². The molecule has 0 fully saturated rings. The number of nitrogens with one attached hydrogen (secondary N) is 2. The Balaban J connectivity index is 2.22. The molecule has 0 unspecified atom stereocenters. The Morgan fingerprint density at radius 1 is 1.75 bits per heavy atom. The molecule has 1 aromatic rings. The van der Waals surface area contributed by atoms with Crippen molar-refractivity contribution in [2.24, 2.45) is 0 Å². The Morgan fingerprint density at radius 2 is 2.58 bits per heavy atom. The maximum atomic E-state index is 10.8. The highest BCUT2D eigenvalue weighted by Gasteiger charge is 1.98. The number of hydrogen-bond donors (Lipinski definition) is 2. The molecule has 5 nitrogen and oxygen atoms in total. The van der Waals surface area contributed by atoms with Crippen LogP contribution in [0.25, 0.3) is 0 Å². The molecule has 1 rings (SSSR count). The van der Waals surface area contributed by atoms with Crippen LogP contribution in [-0.2, 0) is 11.4 Å². The van der Waals surface area contributed by atoms with E-state index in [-0.39, 0.29) is 6.03 Å². The van der Waals surface area contributed by atoms with E-state index in [1.165, 1.54) is 7.11 Å². The van der Waals surface area contributed by atoms with Crippen LogP contribution >= 0.6 is 0 Å². The molecule has 0 aromatic carbocycles. The molecular weight excluding hydrogens is 160 g/mol. The Morgan fingerprint density at radius 3 is 3.17 bits per heavy atom. The zero-order valence-electron chi connectivity index (χ0n) is 6.66. The summed E-state index contributed by atoms with van der Waals surface area (Å²) >= 11 is 0. The molecule has 66 valence electrons. The number of furan rings is 1. The van der Waals surface area contributed by atoms with Crippen molar-refractivity contribution in [3.63, 3.8) is 0 Å². The van der Waals surface area contributed by atoms with E-state index in [0.717, 1.165) is 5.56 Å². The van der Waals surface area contributed by atoms with E-state index in [2.05, 4.69) is 15.6 Å². The van der Waals surface area contributed by atoms with E-state index >= 15 is 0 Å². The van der Waals surface area contributed by atoms with Gasteiger partial charge in [-0.05, 0) is 6.07 Å². The maximum absolute atomic E-state index is 10.8. The first kappa shape index (κ1) is 8.61. The lowest BCUT2D eigenvalue weighted by Gasteiger charge is -2.02. The van der Waals surface area contributed by atoms with Gasteiger partial charge in [-0.1, -0.05) is 0 Å². The quantitative estimate of drug-likeness (QED) is 0.654.